The molecule has 98 valence electrons. The zero-order chi connectivity index (χ0) is 13.8. The first-order valence-corrected chi connectivity index (χ1v) is 6.54. The first-order chi connectivity index (χ1) is 9.11. The number of rotatable bonds is 3. The number of hydrogen-bond acceptors (Lipinski definition) is 4. The summed E-state index contributed by atoms with van der Waals surface area (Å²) in [6.07, 6.45) is 1.53. The predicted octanol–water partition coefficient (Wildman–Crippen LogP) is 4.03. The first-order valence-electron chi connectivity index (χ1n) is 5.37. The van der Waals surface area contributed by atoms with Crippen LogP contribution < -0.4 is 5.32 Å². The summed E-state index contributed by atoms with van der Waals surface area (Å²) in [5.74, 6) is 0.126. The number of carbonyl (C=O) groups excluding carboxylic acids is 1. The number of anilines is 2. The van der Waals surface area contributed by atoms with Gasteiger partial charge in [-0.15, -0.1) is 0 Å². The van der Waals surface area contributed by atoms with Gasteiger partial charge in [0.15, 0.2) is 0 Å². The second-order valence-electron chi connectivity index (χ2n) is 3.65. The monoisotopic (exact) mass is 340 g/mol. The van der Waals surface area contributed by atoms with Crippen molar-refractivity contribution in [3.63, 3.8) is 0 Å². The summed E-state index contributed by atoms with van der Waals surface area (Å²) < 4.78 is 5.40. The van der Waals surface area contributed by atoms with Gasteiger partial charge in [0.1, 0.15) is 5.82 Å². The summed E-state index contributed by atoms with van der Waals surface area (Å²) in [6.45, 7) is 0. The van der Waals surface area contributed by atoms with E-state index in [4.69, 9.17) is 11.6 Å². The van der Waals surface area contributed by atoms with Crippen molar-refractivity contribution in [3.8, 4) is 0 Å². The van der Waals surface area contributed by atoms with Crippen LogP contribution in [0.1, 0.15) is 10.4 Å². The van der Waals surface area contributed by atoms with Gasteiger partial charge in [-0.2, -0.15) is 0 Å². The molecule has 0 aliphatic rings. The zero-order valence-corrected chi connectivity index (χ0v) is 12.3. The summed E-state index contributed by atoms with van der Waals surface area (Å²) in [6, 6.07) is 8.64. The van der Waals surface area contributed by atoms with Gasteiger partial charge in [0.05, 0.1) is 27.9 Å². The molecule has 0 bridgehead atoms. The molecule has 0 saturated heterocycles. The number of benzene rings is 1. The van der Waals surface area contributed by atoms with E-state index < -0.39 is 5.97 Å². The van der Waals surface area contributed by atoms with Gasteiger partial charge in [-0.25, -0.2) is 9.78 Å². The third-order valence-corrected chi connectivity index (χ3v) is 3.79. The molecule has 0 saturated carbocycles. The lowest BCUT2D eigenvalue weighted by atomic mass is 10.2. The Bertz CT molecular complexity index is 619. The highest BCUT2D eigenvalue weighted by molar-refractivity contribution is 9.10. The summed E-state index contributed by atoms with van der Waals surface area (Å²) in [4.78, 5) is 15.6. The minimum Gasteiger partial charge on any atom is -0.465 e. The Morgan fingerprint density at radius 1 is 1.42 bits per heavy atom. The van der Waals surface area contributed by atoms with E-state index in [9.17, 15) is 4.79 Å². The molecule has 4 nitrogen and oxygen atoms in total. The number of pyridine rings is 1. The molecule has 0 radical (unpaired) electrons. The molecule has 0 amide bonds. The highest BCUT2D eigenvalue weighted by atomic mass is 79.9. The molecule has 0 atom stereocenters. The van der Waals surface area contributed by atoms with E-state index in [0.717, 1.165) is 10.2 Å². The van der Waals surface area contributed by atoms with Crippen LogP contribution >= 0.6 is 27.5 Å². The number of esters is 1. The smallest absolute Gasteiger partial charge is 0.338 e. The van der Waals surface area contributed by atoms with Gasteiger partial charge in [-0.1, -0.05) is 17.7 Å². The van der Waals surface area contributed by atoms with Gasteiger partial charge in [-0.3, -0.25) is 0 Å². The lowest BCUT2D eigenvalue weighted by molar-refractivity contribution is 0.0600. The van der Waals surface area contributed by atoms with E-state index >= 15 is 0 Å². The van der Waals surface area contributed by atoms with Crippen LogP contribution in [0.2, 0.25) is 5.02 Å². The van der Waals surface area contributed by atoms with Crippen molar-refractivity contribution in [2.24, 2.45) is 0 Å². The number of hydrogen-bond donors (Lipinski definition) is 1. The minimum atomic E-state index is -0.407. The van der Waals surface area contributed by atoms with Gasteiger partial charge in [0.25, 0.3) is 0 Å². The third-order valence-electron chi connectivity index (χ3n) is 2.40. The molecule has 6 heteroatoms. The second kappa shape index (κ2) is 6.04. The lowest BCUT2D eigenvalue weighted by Gasteiger charge is -2.09. The SMILES string of the molecule is COC(=O)c1ccnc(Nc2cccc(Cl)c2Br)c1. The summed E-state index contributed by atoms with van der Waals surface area (Å²) in [7, 11) is 1.34. The zero-order valence-electron chi connectivity index (χ0n) is 9.98. The number of ether oxygens (including phenoxy) is 1. The van der Waals surface area contributed by atoms with Crippen LogP contribution in [-0.4, -0.2) is 18.1 Å². The van der Waals surface area contributed by atoms with Crippen molar-refractivity contribution in [3.05, 3.63) is 51.6 Å². The van der Waals surface area contributed by atoms with E-state index in [1.807, 2.05) is 12.1 Å². The first kappa shape index (κ1) is 13.8. The fourth-order valence-corrected chi connectivity index (χ4v) is 2.02. The maximum Gasteiger partial charge on any atom is 0.338 e. The van der Waals surface area contributed by atoms with Crippen LogP contribution in [0, 0.1) is 0 Å². The van der Waals surface area contributed by atoms with Crippen LogP contribution in [0.4, 0.5) is 11.5 Å². The largest absolute Gasteiger partial charge is 0.465 e. The molecule has 0 unspecified atom stereocenters. The van der Waals surface area contributed by atoms with Crippen LogP contribution in [0.5, 0.6) is 0 Å². The second-order valence-corrected chi connectivity index (χ2v) is 4.85. The number of carbonyl (C=O) groups is 1. The maximum absolute atomic E-state index is 11.4. The molecular formula is C13H10BrClN2O2. The van der Waals surface area contributed by atoms with Gasteiger partial charge in [0, 0.05) is 6.20 Å². The number of halogens is 2. The molecule has 19 heavy (non-hydrogen) atoms. The molecule has 1 heterocycles. The Balaban J connectivity index is 2.28. The number of nitrogens with one attached hydrogen (secondary N) is 1. The van der Waals surface area contributed by atoms with Crippen molar-refractivity contribution >= 4 is 45.0 Å². The van der Waals surface area contributed by atoms with E-state index in [1.165, 1.54) is 13.3 Å². The van der Waals surface area contributed by atoms with Crippen molar-refractivity contribution in [1.82, 2.24) is 4.98 Å². The molecule has 1 aromatic heterocycles. The average Bonchev–Trinajstić information content (AvgIpc) is 2.43. The van der Waals surface area contributed by atoms with Crippen LogP contribution in [0.25, 0.3) is 0 Å². The number of methoxy groups -OCH3 is 1. The molecule has 0 fully saturated rings. The van der Waals surface area contributed by atoms with Gasteiger partial charge < -0.3 is 10.1 Å². The highest BCUT2D eigenvalue weighted by Gasteiger charge is 2.08. The Kier molecular flexibility index (Phi) is 4.39. The standard InChI is InChI=1S/C13H10BrClN2O2/c1-19-13(18)8-5-6-16-11(7-8)17-10-4-2-3-9(15)12(10)14/h2-7H,1H3,(H,16,17). The molecule has 0 aliphatic heterocycles. The van der Waals surface area contributed by atoms with E-state index in [2.05, 4.69) is 31.0 Å². The van der Waals surface area contributed by atoms with Crippen LogP contribution in [0.3, 0.4) is 0 Å². The topological polar surface area (TPSA) is 51.2 Å². The summed E-state index contributed by atoms with van der Waals surface area (Å²) in [5, 5.41) is 3.67. The van der Waals surface area contributed by atoms with Crippen molar-refractivity contribution in [2.45, 2.75) is 0 Å². The molecule has 0 aliphatic carbocycles. The number of nitrogens with zero attached hydrogens (tertiary/aromatic N) is 1. The molecule has 2 rings (SSSR count). The van der Waals surface area contributed by atoms with E-state index in [-0.39, 0.29) is 0 Å². The Hall–Kier alpha value is -1.59. The molecule has 0 spiro atoms. The molecule has 2 aromatic rings. The summed E-state index contributed by atoms with van der Waals surface area (Å²) in [5.41, 5.74) is 1.19. The highest BCUT2D eigenvalue weighted by Crippen LogP contribution is 2.31. The fraction of sp³-hybridized carbons (Fsp3) is 0.0769. The van der Waals surface area contributed by atoms with Crippen molar-refractivity contribution < 1.29 is 9.53 Å². The number of aromatic nitrogens is 1. The van der Waals surface area contributed by atoms with Gasteiger partial charge in [0.2, 0.25) is 0 Å². The lowest BCUT2D eigenvalue weighted by Crippen LogP contribution is -2.03. The Labute approximate surface area is 123 Å². The average molecular weight is 342 g/mol. The van der Waals surface area contributed by atoms with E-state index in [1.54, 1.807) is 18.2 Å². The third kappa shape index (κ3) is 3.24. The normalized spacial score (nSPS) is 10.1. The maximum atomic E-state index is 11.4. The fourth-order valence-electron chi connectivity index (χ4n) is 1.48. The van der Waals surface area contributed by atoms with E-state index in [0.29, 0.717) is 16.4 Å². The minimum absolute atomic E-state index is 0.407. The Morgan fingerprint density at radius 2 is 2.21 bits per heavy atom. The van der Waals surface area contributed by atoms with Gasteiger partial charge in [-0.05, 0) is 40.2 Å². The van der Waals surface area contributed by atoms with Crippen LogP contribution in [0.15, 0.2) is 41.0 Å². The van der Waals surface area contributed by atoms with Crippen molar-refractivity contribution in [2.75, 3.05) is 12.4 Å². The van der Waals surface area contributed by atoms with Gasteiger partial charge >= 0.3 is 5.97 Å². The van der Waals surface area contributed by atoms with Crippen LogP contribution in [-0.2, 0) is 4.74 Å². The predicted molar refractivity (Wildman–Crippen MR) is 78.0 cm³/mol. The molecular weight excluding hydrogens is 332 g/mol. The van der Waals surface area contributed by atoms with Crippen molar-refractivity contribution in [1.29, 1.82) is 0 Å². The Morgan fingerprint density at radius 3 is 2.95 bits per heavy atom. The molecule has 1 aromatic carbocycles. The molecule has 1 N–H and O–H groups in total. The quantitative estimate of drug-likeness (QED) is 0.857. The summed E-state index contributed by atoms with van der Waals surface area (Å²) >= 11 is 9.39.